The standard InChI is InChI=1S/C17H17FINO/c1-10-6-11(2)8-13(7-10)12(3)20-17(21)15-9-14(18)4-5-16(15)19/h4-9,12H,1-3H3,(H,20,21). The van der Waals surface area contributed by atoms with Crippen LogP contribution in [0.5, 0.6) is 0 Å². The summed E-state index contributed by atoms with van der Waals surface area (Å²) in [6.45, 7) is 5.99. The molecule has 4 heteroatoms. The molecule has 110 valence electrons. The summed E-state index contributed by atoms with van der Waals surface area (Å²) in [7, 11) is 0. The van der Waals surface area contributed by atoms with Gasteiger partial charge in [-0.05, 0) is 67.1 Å². The molecular formula is C17H17FINO. The van der Waals surface area contributed by atoms with E-state index in [1.54, 1.807) is 6.07 Å². The first-order chi connectivity index (χ1) is 9.86. The van der Waals surface area contributed by atoms with Gasteiger partial charge in [-0.15, -0.1) is 0 Å². The Hall–Kier alpha value is -1.43. The van der Waals surface area contributed by atoms with Crippen molar-refractivity contribution in [1.29, 1.82) is 0 Å². The molecule has 0 fully saturated rings. The molecule has 1 N–H and O–H groups in total. The lowest BCUT2D eigenvalue weighted by Gasteiger charge is -2.16. The van der Waals surface area contributed by atoms with Crippen molar-refractivity contribution in [2.45, 2.75) is 26.8 Å². The number of carbonyl (C=O) groups is 1. The summed E-state index contributed by atoms with van der Waals surface area (Å²) in [5.74, 6) is -0.662. The summed E-state index contributed by atoms with van der Waals surface area (Å²) in [5.41, 5.74) is 3.73. The van der Waals surface area contributed by atoms with Gasteiger partial charge in [0.25, 0.3) is 5.91 Å². The van der Waals surface area contributed by atoms with E-state index in [1.165, 1.54) is 12.1 Å². The molecule has 0 saturated heterocycles. The third-order valence-corrected chi connectivity index (χ3v) is 4.21. The van der Waals surface area contributed by atoms with Crippen LogP contribution in [0.3, 0.4) is 0 Å². The second-order valence-electron chi connectivity index (χ2n) is 5.24. The average molecular weight is 397 g/mol. The highest BCUT2D eigenvalue weighted by atomic mass is 127. The van der Waals surface area contributed by atoms with Crippen molar-refractivity contribution < 1.29 is 9.18 Å². The summed E-state index contributed by atoms with van der Waals surface area (Å²) >= 11 is 2.04. The normalized spacial score (nSPS) is 12.0. The molecule has 0 bridgehead atoms. The smallest absolute Gasteiger partial charge is 0.252 e. The molecular weight excluding hydrogens is 380 g/mol. The second-order valence-corrected chi connectivity index (χ2v) is 6.40. The van der Waals surface area contributed by atoms with Crippen molar-refractivity contribution in [3.8, 4) is 0 Å². The lowest BCUT2D eigenvalue weighted by Crippen LogP contribution is -2.27. The van der Waals surface area contributed by atoms with Crippen LogP contribution in [0.25, 0.3) is 0 Å². The monoisotopic (exact) mass is 397 g/mol. The van der Waals surface area contributed by atoms with Crippen LogP contribution in [-0.2, 0) is 0 Å². The molecule has 2 aromatic carbocycles. The van der Waals surface area contributed by atoms with Gasteiger partial charge in [0.1, 0.15) is 5.82 Å². The predicted molar refractivity (Wildman–Crippen MR) is 90.9 cm³/mol. The number of nitrogens with one attached hydrogen (secondary N) is 1. The third kappa shape index (κ3) is 4.03. The van der Waals surface area contributed by atoms with Gasteiger partial charge in [-0.1, -0.05) is 29.3 Å². The fourth-order valence-electron chi connectivity index (χ4n) is 2.29. The van der Waals surface area contributed by atoms with E-state index in [0.29, 0.717) is 5.56 Å². The maximum Gasteiger partial charge on any atom is 0.252 e. The van der Waals surface area contributed by atoms with Gasteiger partial charge in [0.15, 0.2) is 0 Å². The first-order valence-electron chi connectivity index (χ1n) is 6.71. The van der Waals surface area contributed by atoms with Crippen LogP contribution in [0.2, 0.25) is 0 Å². The summed E-state index contributed by atoms with van der Waals surface area (Å²) in [6, 6.07) is 10.3. The molecule has 0 heterocycles. The third-order valence-electron chi connectivity index (χ3n) is 3.26. The lowest BCUT2D eigenvalue weighted by atomic mass is 10.0. The van der Waals surface area contributed by atoms with E-state index >= 15 is 0 Å². The van der Waals surface area contributed by atoms with E-state index in [0.717, 1.165) is 20.3 Å². The Morgan fingerprint density at radius 1 is 1.14 bits per heavy atom. The summed E-state index contributed by atoms with van der Waals surface area (Å²) < 4.78 is 14.0. The van der Waals surface area contributed by atoms with Gasteiger partial charge in [-0.3, -0.25) is 4.79 Å². The number of halogens is 2. The molecule has 21 heavy (non-hydrogen) atoms. The van der Waals surface area contributed by atoms with Gasteiger partial charge in [0.2, 0.25) is 0 Å². The minimum absolute atomic E-state index is 0.129. The number of carbonyl (C=O) groups excluding carboxylic acids is 1. The molecule has 1 unspecified atom stereocenters. The van der Waals surface area contributed by atoms with Crippen LogP contribution in [0.1, 0.15) is 40.0 Å². The van der Waals surface area contributed by atoms with Crippen LogP contribution >= 0.6 is 22.6 Å². The maximum atomic E-state index is 13.3. The van der Waals surface area contributed by atoms with Crippen molar-refractivity contribution in [2.24, 2.45) is 0 Å². The van der Waals surface area contributed by atoms with Crippen molar-refractivity contribution in [3.63, 3.8) is 0 Å². The molecule has 0 aliphatic carbocycles. The Bertz CT molecular complexity index is 664. The quantitative estimate of drug-likeness (QED) is 0.758. The zero-order valence-electron chi connectivity index (χ0n) is 12.2. The number of rotatable bonds is 3. The van der Waals surface area contributed by atoms with E-state index in [1.807, 2.05) is 43.4 Å². The van der Waals surface area contributed by atoms with Gasteiger partial charge in [-0.25, -0.2) is 4.39 Å². The molecule has 0 radical (unpaired) electrons. The Morgan fingerprint density at radius 3 is 2.38 bits per heavy atom. The SMILES string of the molecule is Cc1cc(C)cc(C(C)NC(=O)c2cc(F)ccc2I)c1. The number of aryl methyl sites for hydroxylation is 2. The van der Waals surface area contributed by atoms with Crippen molar-refractivity contribution in [3.05, 3.63) is 68.0 Å². The Balaban J connectivity index is 2.20. The van der Waals surface area contributed by atoms with Crippen LogP contribution in [0.15, 0.2) is 36.4 Å². The molecule has 0 aliphatic rings. The Labute approximate surface area is 137 Å². The maximum absolute atomic E-state index is 13.3. The average Bonchev–Trinajstić information content (AvgIpc) is 2.40. The summed E-state index contributed by atoms with van der Waals surface area (Å²) in [5, 5.41) is 2.92. The van der Waals surface area contributed by atoms with Crippen LogP contribution < -0.4 is 5.32 Å². The topological polar surface area (TPSA) is 29.1 Å². The molecule has 2 nitrogen and oxygen atoms in total. The van der Waals surface area contributed by atoms with Gasteiger partial charge in [0.05, 0.1) is 11.6 Å². The minimum Gasteiger partial charge on any atom is -0.345 e. The second kappa shape index (κ2) is 6.56. The first kappa shape index (κ1) is 15.9. The minimum atomic E-state index is -0.403. The molecule has 1 atom stereocenters. The molecule has 0 aliphatic heterocycles. The van der Waals surface area contributed by atoms with Crippen LogP contribution in [0, 0.1) is 23.2 Å². The summed E-state index contributed by atoms with van der Waals surface area (Å²) in [6.07, 6.45) is 0. The highest BCUT2D eigenvalue weighted by molar-refractivity contribution is 14.1. The molecule has 2 aromatic rings. The van der Waals surface area contributed by atoms with Crippen molar-refractivity contribution >= 4 is 28.5 Å². The van der Waals surface area contributed by atoms with Crippen molar-refractivity contribution in [1.82, 2.24) is 5.32 Å². The molecule has 0 aromatic heterocycles. The van der Waals surface area contributed by atoms with Gasteiger partial charge in [0, 0.05) is 3.57 Å². The Kier molecular flexibility index (Phi) is 4.98. The number of benzene rings is 2. The van der Waals surface area contributed by atoms with Gasteiger partial charge in [-0.2, -0.15) is 0 Å². The molecule has 2 rings (SSSR count). The van der Waals surface area contributed by atoms with E-state index in [9.17, 15) is 9.18 Å². The number of hydrogen-bond acceptors (Lipinski definition) is 1. The number of amides is 1. The highest BCUT2D eigenvalue weighted by Crippen LogP contribution is 2.19. The largest absolute Gasteiger partial charge is 0.345 e. The van der Waals surface area contributed by atoms with Crippen LogP contribution in [-0.4, -0.2) is 5.91 Å². The fraction of sp³-hybridized carbons (Fsp3) is 0.235. The highest BCUT2D eigenvalue weighted by Gasteiger charge is 2.15. The zero-order valence-corrected chi connectivity index (χ0v) is 14.4. The van der Waals surface area contributed by atoms with Crippen molar-refractivity contribution in [2.75, 3.05) is 0 Å². The predicted octanol–water partition coefficient (Wildman–Crippen LogP) is 4.54. The first-order valence-corrected chi connectivity index (χ1v) is 7.79. The molecule has 0 saturated carbocycles. The van der Waals surface area contributed by atoms with Gasteiger partial charge < -0.3 is 5.32 Å². The summed E-state index contributed by atoms with van der Waals surface area (Å²) in [4.78, 5) is 12.3. The Morgan fingerprint density at radius 2 is 1.76 bits per heavy atom. The lowest BCUT2D eigenvalue weighted by molar-refractivity contribution is 0.0938. The van der Waals surface area contributed by atoms with E-state index < -0.39 is 5.82 Å². The molecule has 1 amide bonds. The zero-order chi connectivity index (χ0) is 15.6. The van der Waals surface area contributed by atoms with Crippen LogP contribution in [0.4, 0.5) is 4.39 Å². The van der Waals surface area contributed by atoms with E-state index in [2.05, 4.69) is 23.5 Å². The van der Waals surface area contributed by atoms with E-state index in [4.69, 9.17) is 0 Å². The van der Waals surface area contributed by atoms with E-state index in [-0.39, 0.29) is 11.9 Å². The van der Waals surface area contributed by atoms with Gasteiger partial charge >= 0.3 is 0 Å². The fourth-order valence-corrected chi connectivity index (χ4v) is 2.87. The molecule has 0 spiro atoms. The number of hydrogen-bond donors (Lipinski definition) is 1.